The Morgan fingerprint density at radius 1 is 1.40 bits per heavy atom. The first-order valence-corrected chi connectivity index (χ1v) is 9.98. The fourth-order valence-corrected chi connectivity index (χ4v) is 3.53. The minimum atomic E-state index is -1.04. The Labute approximate surface area is 175 Å². The van der Waals surface area contributed by atoms with Gasteiger partial charge in [0, 0.05) is 31.3 Å². The number of fused-ring (bicyclic) bond motifs is 1. The fraction of sp³-hybridized carbons (Fsp3) is 0.571. The molecular weight excluding hydrogens is 391 g/mol. The highest BCUT2D eigenvalue weighted by Crippen LogP contribution is 2.24. The summed E-state index contributed by atoms with van der Waals surface area (Å²) in [6.45, 7) is 7.02. The van der Waals surface area contributed by atoms with E-state index in [0.717, 1.165) is 0 Å². The maximum atomic E-state index is 14.5. The monoisotopic (exact) mass is 420 g/mol. The Kier molecular flexibility index (Phi) is 6.42. The number of halogens is 1. The standard InChI is InChI=1S/C21H29FN4O4/c1-20(2,3)30-19(27)24-12-21(28)8-10-26(13-21)9-7-14-15(22)11-23-16-5-6-17(29-4)25-18(14)16/h5-6,11,28H,7-10,12-13H2,1-4H3,(H,24,27). The maximum absolute atomic E-state index is 14.5. The maximum Gasteiger partial charge on any atom is 0.407 e. The summed E-state index contributed by atoms with van der Waals surface area (Å²) in [7, 11) is 1.51. The summed E-state index contributed by atoms with van der Waals surface area (Å²) in [4.78, 5) is 22.3. The summed E-state index contributed by atoms with van der Waals surface area (Å²) in [6.07, 6.45) is 1.58. The van der Waals surface area contributed by atoms with Gasteiger partial charge in [0.25, 0.3) is 0 Å². The molecule has 1 atom stereocenters. The fourth-order valence-electron chi connectivity index (χ4n) is 3.53. The first-order chi connectivity index (χ1) is 14.1. The number of alkyl carbamates (subject to hydrolysis) is 1. The highest BCUT2D eigenvalue weighted by molar-refractivity contribution is 5.78. The molecule has 0 aromatic carbocycles. The lowest BCUT2D eigenvalue weighted by atomic mass is 10.0. The second kappa shape index (κ2) is 8.69. The van der Waals surface area contributed by atoms with Gasteiger partial charge in [-0.15, -0.1) is 0 Å². The van der Waals surface area contributed by atoms with E-state index in [1.54, 1.807) is 32.9 Å². The number of hydrogen-bond donors (Lipinski definition) is 2. The van der Waals surface area contributed by atoms with Crippen LogP contribution in [0.1, 0.15) is 32.8 Å². The number of methoxy groups -OCH3 is 1. The molecule has 0 aliphatic carbocycles. The Morgan fingerprint density at radius 2 is 2.17 bits per heavy atom. The Balaban J connectivity index is 1.60. The van der Waals surface area contributed by atoms with Crippen LogP contribution in [0, 0.1) is 5.82 Å². The van der Waals surface area contributed by atoms with Crippen LogP contribution in [0.3, 0.4) is 0 Å². The van der Waals surface area contributed by atoms with Crippen LogP contribution in [0.15, 0.2) is 18.3 Å². The molecule has 30 heavy (non-hydrogen) atoms. The zero-order valence-electron chi connectivity index (χ0n) is 17.9. The van der Waals surface area contributed by atoms with Crippen molar-refractivity contribution >= 4 is 17.1 Å². The number of rotatable bonds is 6. The number of amides is 1. The van der Waals surface area contributed by atoms with Crippen molar-refractivity contribution < 1.29 is 23.8 Å². The van der Waals surface area contributed by atoms with Crippen molar-refractivity contribution in [1.82, 2.24) is 20.2 Å². The summed E-state index contributed by atoms with van der Waals surface area (Å²) in [5, 5.41) is 13.4. The summed E-state index contributed by atoms with van der Waals surface area (Å²) in [6, 6.07) is 3.44. The number of nitrogens with one attached hydrogen (secondary N) is 1. The zero-order valence-corrected chi connectivity index (χ0v) is 17.9. The van der Waals surface area contributed by atoms with Crippen molar-refractivity contribution in [2.24, 2.45) is 0 Å². The second-order valence-corrected chi connectivity index (χ2v) is 8.66. The molecule has 0 spiro atoms. The van der Waals surface area contributed by atoms with Crippen molar-refractivity contribution in [3.05, 3.63) is 29.7 Å². The van der Waals surface area contributed by atoms with E-state index in [0.29, 0.717) is 55.0 Å². The number of carbonyl (C=O) groups is 1. The molecule has 1 saturated heterocycles. The number of carbonyl (C=O) groups excluding carboxylic acids is 1. The van der Waals surface area contributed by atoms with Gasteiger partial charge in [-0.05, 0) is 39.7 Å². The van der Waals surface area contributed by atoms with E-state index in [-0.39, 0.29) is 6.54 Å². The van der Waals surface area contributed by atoms with E-state index in [4.69, 9.17) is 9.47 Å². The molecule has 164 valence electrons. The van der Waals surface area contributed by atoms with E-state index in [1.165, 1.54) is 13.3 Å². The highest BCUT2D eigenvalue weighted by Gasteiger charge is 2.36. The molecule has 3 heterocycles. The molecule has 0 saturated carbocycles. The largest absolute Gasteiger partial charge is 0.481 e. The Bertz CT molecular complexity index is 918. The molecule has 2 N–H and O–H groups in total. The molecule has 1 fully saturated rings. The molecule has 1 aliphatic rings. The number of likely N-dealkylation sites (tertiary alicyclic amines) is 1. The summed E-state index contributed by atoms with van der Waals surface area (Å²) >= 11 is 0. The normalized spacial score (nSPS) is 19.8. The van der Waals surface area contributed by atoms with E-state index < -0.39 is 23.1 Å². The predicted molar refractivity (Wildman–Crippen MR) is 110 cm³/mol. The summed E-state index contributed by atoms with van der Waals surface area (Å²) in [5.74, 6) is -0.00998. The third kappa shape index (κ3) is 5.54. The van der Waals surface area contributed by atoms with Crippen LogP contribution < -0.4 is 10.1 Å². The van der Waals surface area contributed by atoms with Gasteiger partial charge < -0.3 is 19.9 Å². The van der Waals surface area contributed by atoms with Gasteiger partial charge in [0.2, 0.25) is 5.88 Å². The molecule has 3 rings (SSSR count). The van der Waals surface area contributed by atoms with Crippen molar-refractivity contribution in [3.63, 3.8) is 0 Å². The van der Waals surface area contributed by atoms with E-state index in [9.17, 15) is 14.3 Å². The molecule has 9 heteroatoms. The lowest BCUT2D eigenvalue weighted by Crippen LogP contribution is -2.46. The van der Waals surface area contributed by atoms with E-state index in [2.05, 4.69) is 15.3 Å². The van der Waals surface area contributed by atoms with Crippen LogP contribution >= 0.6 is 0 Å². The number of nitrogens with zero attached hydrogens (tertiary/aromatic N) is 3. The topological polar surface area (TPSA) is 96.8 Å². The molecule has 1 amide bonds. The third-order valence-electron chi connectivity index (χ3n) is 5.00. The third-order valence-corrected chi connectivity index (χ3v) is 5.00. The Hall–Kier alpha value is -2.52. The molecule has 1 unspecified atom stereocenters. The van der Waals surface area contributed by atoms with Crippen molar-refractivity contribution in [1.29, 1.82) is 0 Å². The molecule has 1 aliphatic heterocycles. The van der Waals surface area contributed by atoms with Crippen molar-refractivity contribution in [3.8, 4) is 5.88 Å². The van der Waals surface area contributed by atoms with Crippen LogP contribution in [0.25, 0.3) is 11.0 Å². The first-order valence-electron chi connectivity index (χ1n) is 9.98. The van der Waals surface area contributed by atoms with Gasteiger partial charge in [0.05, 0.1) is 36.5 Å². The van der Waals surface area contributed by atoms with Crippen LogP contribution in [-0.4, -0.2) is 70.6 Å². The summed E-state index contributed by atoms with van der Waals surface area (Å²) in [5.41, 5.74) is -0.0805. The van der Waals surface area contributed by atoms with E-state index >= 15 is 0 Å². The lowest BCUT2D eigenvalue weighted by Gasteiger charge is -2.25. The molecule has 2 aromatic heterocycles. The smallest absolute Gasteiger partial charge is 0.407 e. The molecule has 0 radical (unpaired) electrons. The van der Waals surface area contributed by atoms with Gasteiger partial charge in [-0.2, -0.15) is 0 Å². The number of β-amino-alcohol motifs (C(OH)–C–C–N with tert-alkyl or cyclic N) is 1. The number of ether oxygens (including phenoxy) is 2. The average molecular weight is 420 g/mol. The van der Waals surface area contributed by atoms with Gasteiger partial charge in [0.1, 0.15) is 11.4 Å². The minimum absolute atomic E-state index is 0.101. The average Bonchev–Trinajstić information content (AvgIpc) is 3.05. The molecule has 2 aromatic rings. The number of hydrogen-bond acceptors (Lipinski definition) is 7. The predicted octanol–water partition coefficient (Wildman–Crippen LogP) is 2.28. The second-order valence-electron chi connectivity index (χ2n) is 8.66. The molecule has 8 nitrogen and oxygen atoms in total. The van der Waals surface area contributed by atoms with E-state index in [1.807, 2.05) is 4.90 Å². The van der Waals surface area contributed by atoms with Crippen LogP contribution in [0.2, 0.25) is 0 Å². The first kappa shape index (κ1) is 22.2. The minimum Gasteiger partial charge on any atom is -0.481 e. The number of aromatic nitrogens is 2. The lowest BCUT2D eigenvalue weighted by molar-refractivity contribution is 0.0289. The zero-order chi connectivity index (χ0) is 21.9. The van der Waals surface area contributed by atoms with Crippen molar-refractivity contribution in [2.45, 2.75) is 44.8 Å². The SMILES string of the molecule is COc1ccc2ncc(F)c(CCN3CCC(O)(CNC(=O)OC(C)(C)C)C3)c2n1. The van der Waals surface area contributed by atoms with Gasteiger partial charge in [0.15, 0.2) is 0 Å². The Morgan fingerprint density at radius 3 is 2.87 bits per heavy atom. The van der Waals surface area contributed by atoms with Crippen LogP contribution in [0.4, 0.5) is 9.18 Å². The van der Waals surface area contributed by atoms with Gasteiger partial charge in [-0.3, -0.25) is 9.88 Å². The van der Waals surface area contributed by atoms with Crippen LogP contribution in [0.5, 0.6) is 5.88 Å². The summed E-state index contributed by atoms with van der Waals surface area (Å²) < 4.78 is 24.8. The molecule has 0 bridgehead atoms. The van der Waals surface area contributed by atoms with Crippen LogP contribution in [-0.2, 0) is 11.2 Å². The van der Waals surface area contributed by atoms with Gasteiger partial charge >= 0.3 is 6.09 Å². The van der Waals surface area contributed by atoms with Gasteiger partial charge in [-0.1, -0.05) is 0 Å². The highest BCUT2D eigenvalue weighted by atomic mass is 19.1. The van der Waals surface area contributed by atoms with Crippen molar-refractivity contribution in [2.75, 3.05) is 33.3 Å². The quantitative estimate of drug-likeness (QED) is 0.740. The number of aliphatic hydroxyl groups is 1. The molecular formula is C21H29FN4O4. The van der Waals surface area contributed by atoms with Gasteiger partial charge in [-0.25, -0.2) is 14.2 Å². The number of pyridine rings is 2.